The molecule has 0 radical (unpaired) electrons. The second-order valence-corrected chi connectivity index (χ2v) is 3.63. The molecule has 0 atom stereocenters. The molecule has 92 valence electrons. The van der Waals surface area contributed by atoms with Crippen molar-refractivity contribution in [1.82, 2.24) is 5.32 Å². The zero-order valence-corrected chi connectivity index (χ0v) is 9.61. The van der Waals surface area contributed by atoms with Gasteiger partial charge in [0.15, 0.2) is 0 Å². The lowest BCUT2D eigenvalue weighted by Crippen LogP contribution is -2.22. The van der Waals surface area contributed by atoms with Crippen molar-refractivity contribution in [3.05, 3.63) is 0 Å². The summed E-state index contributed by atoms with van der Waals surface area (Å²) in [6, 6.07) is 0. The van der Waals surface area contributed by atoms with Crippen LogP contribution >= 0.6 is 0 Å². The van der Waals surface area contributed by atoms with E-state index in [9.17, 15) is 8.78 Å². The van der Waals surface area contributed by atoms with E-state index in [4.69, 9.17) is 4.74 Å². The van der Waals surface area contributed by atoms with Gasteiger partial charge in [0.25, 0.3) is 6.43 Å². The molecule has 0 aromatic rings. The molecular formula is C11H23F2NO. The lowest BCUT2D eigenvalue weighted by Gasteiger charge is -2.05. The Hall–Kier alpha value is -0.220. The summed E-state index contributed by atoms with van der Waals surface area (Å²) in [4.78, 5) is 0. The van der Waals surface area contributed by atoms with E-state index in [1.54, 1.807) is 0 Å². The molecule has 0 aliphatic heterocycles. The number of rotatable bonds is 11. The van der Waals surface area contributed by atoms with Crippen molar-refractivity contribution < 1.29 is 13.5 Å². The van der Waals surface area contributed by atoms with E-state index in [2.05, 4.69) is 12.2 Å². The SMILES string of the molecule is CCCCCCCNCCOCC(F)F. The fourth-order valence-corrected chi connectivity index (χ4v) is 1.30. The smallest absolute Gasteiger partial charge is 0.261 e. The highest BCUT2D eigenvalue weighted by molar-refractivity contribution is 4.48. The molecule has 0 unspecified atom stereocenters. The van der Waals surface area contributed by atoms with Gasteiger partial charge in [-0.3, -0.25) is 0 Å². The third-order valence-corrected chi connectivity index (χ3v) is 2.12. The van der Waals surface area contributed by atoms with Gasteiger partial charge in [-0.05, 0) is 13.0 Å². The molecule has 0 aromatic heterocycles. The molecule has 0 saturated carbocycles. The number of halogens is 2. The van der Waals surface area contributed by atoms with Gasteiger partial charge in [-0.25, -0.2) is 8.78 Å². The van der Waals surface area contributed by atoms with E-state index in [1.807, 2.05) is 0 Å². The minimum absolute atomic E-state index is 0.374. The minimum atomic E-state index is -2.35. The van der Waals surface area contributed by atoms with Gasteiger partial charge in [0.05, 0.1) is 6.61 Å². The average Bonchev–Trinajstić information content (AvgIpc) is 2.20. The molecule has 0 amide bonds. The highest BCUT2D eigenvalue weighted by atomic mass is 19.3. The van der Waals surface area contributed by atoms with E-state index in [1.165, 1.54) is 25.7 Å². The van der Waals surface area contributed by atoms with E-state index < -0.39 is 13.0 Å². The molecule has 1 N–H and O–H groups in total. The number of alkyl halides is 2. The van der Waals surface area contributed by atoms with Gasteiger partial charge >= 0.3 is 0 Å². The first-order valence-electron chi connectivity index (χ1n) is 5.84. The quantitative estimate of drug-likeness (QED) is 0.544. The lowest BCUT2D eigenvalue weighted by molar-refractivity contribution is 0.0188. The molecule has 0 spiro atoms. The number of hydrogen-bond donors (Lipinski definition) is 1. The summed E-state index contributed by atoms with van der Waals surface area (Å²) >= 11 is 0. The normalized spacial score (nSPS) is 11.2. The summed E-state index contributed by atoms with van der Waals surface area (Å²) in [5, 5.41) is 3.17. The first-order valence-corrected chi connectivity index (χ1v) is 5.84. The second kappa shape index (κ2) is 11.9. The largest absolute Gasteiger partial charge is 0.374 e. The van der Waals surface area contributed by atoms with Crippen LogP contribution in [0.3, 0.4) is 0 Å². The molecular weight excluding hydrogens is 200 g/mol. The zero-order valence-electron chi connectivity index (χ0n) is 9.61. The van der Waals surface area contributed by atoms with Gasteiger partial charge in [-0.1, -0.05) is 32.6 Å². The maximum Gasteiger partial charge on any atom is 0.261 e. The fourth-order valence-electron chi connectivity index (χ4n) is 1.30. The van der Waals surface area contributed by atoms with Crippen LogP contribution in [0.25, 0.3) is 0 Å². The summed E-state index contributed by atoms with van der Waals surface area (Å²) in [5.41, 5.74) is 0. The van der Waals surface area contributed by atoms with Gasteiger partial charge in [-0.2, -0.15) is 0 Å². The maximum absolute atomic E-state index is 11.6. The van der Waals surface area contributed by atoms with Crippen molar-refractivity contribution in [2.45, 2.75) is 45.5 Å². The monoisotopic (exact) mass is 223 g/mol. The molecule has 15 heavy (non-hydrogen) atoms. The zero-order chi connectivity index (χ0) is 11.4. The van der Waals surface area contributed by atoms with Crippen LogP contribution in [0.15, 0.2) is 0 Å². The van der Waals surface area contributed by atoms with E-state index in [-0.39, 0.29) is 0 Å². The maximum atomic E-state index is 11.6. The topological polar surface area (TPSA) is 21.3 Å². The summed E-state index contributed by atoms with van der Waals surface area (Å²) in [5.74, 6) is 0. The molecule has 0 heterocycles. The fraction of sp³-hybridized carbons (Fsp3) is 1.00. The Morgan fingerprint density at radius 3 is 2.47 bits per heavy atom. The van der Waals surface area contributed by atoms with Crippen molar-refractivity contribution in [2.24, 2.45) is 0 Å². The number of ether oxygens (including phenoxy) is 1. The summed E-state index contributed by atoms with van der Waals surface area (Å²) < 4.78 is 28.0. The molecule has 0 aromatic carbocycles. The second-order valence-electron chi connectivity index (χ2n) is 3.63. The molecule has 4 heteroatoms. The molecule has 2 nitrogen and oxygen atoms in total. The average molecular weight is 223 g/mol. The number of hydrogen-bond acceptors (Lipinski definition) is 2. The minimum Gasteiger partial charge on any atom is -0.374 e. The highest BCUT2D eigenvalue weighted by Crippen LogP contribution is 2.00. The van der Waals surface area contributed by atoms with Crippen molar-refractivity contribution in [3.63, 3.8) is 0 Å². The first-order chi connectivity index (χ1) is 7.27. The third kappa shape index (κ3) is 13.8. The van der Waals surface area contributed by atoms with Gasteiger partial charge in [0.2, 0.25) is 0 Å². The van der Waals surface area contributed by atoms with Crippen LogP contribution in [0, 0.1) is 0 Å². The van der Waals surface area contributed by atoms with Gasteiger partial charge < -0.3 is 10.1 Å². The van der Waals surface area contributed by atoms with Crippen LogP contribution in [0.1, 0.15) is 39.0 Å². The molecule has 0 saturated heterocycles. The Balaban J connectivity index is 2.87. The van der Waals surface area contributed by atoms with E-state index >= 15 is 0 Å². The Morgan fingerprint density at radius 1 is 1.07 bits per heavy atom. The predicted molar refractivity (Wildman–Crippen MR) is 58.5 cm³/mol. The first kappa shape index (κ1) is 14.8. The molecule has 0 aliphatic carbocycles. The van der Waals surface area contributed by atoms with E-state index in [0.717, 1.165) is 13.0 Å². The Kier molecular flexibility index (Phi) is 11.7. The van der Waals surface area contributed by atoms with Crippen LogP contribution in [0.5, 0.6) is 0 Å². The van der Waals surface area contributed by atoms with Crippen LogP contribution in [0.2, 0.25) is 0 Å². The summed E-state index contributed by atoms with van der Waals surface area (Å²) in [6.45, 7) is 3.75. The third-order valence-electron chi connectivity index (χ3n) is 2.12. The van der Waals surface area contributed by atoms with Crippen molar-refractivity contribution in [1.29, 1.82) is 0 Å². The number of nitrogens with one attached hydrogen (secondary N) is 1. The Morgan fingerprint density at radius 2 is 1.80 bits per heavy atom. The molecule has 0 rings (SSSR count). The Bertz CT molecular complexity index is 123. The standard InChI is InChI=1S/C11H23F2NO/c1-2-3-4-5-6-7-14-8-9-15-10-11(12)13/h11,14H,2-10H2,1H3. The van der Waals surface area contributed by atoms with E-state index in [0.29, 0.717) is 13.2 Å². The summed E-state index contributed by atoms with van der Waals surface area (Å²) in [7, 11) is 0. The molecule has 0 aliphatic rings. The molecule has 0 fully saturated rings. The van der Waals surface area contributed by atoms with Crippen molar-refractivity contribution >= 4 is 0 Å². The van der Waals surface area contributed by atoms with Crippen LogP contribution in [-0.4, -0.2) is 32.7 Å². The lowest BCUT2D eigenvalue weighted by atomic mass is 10.1. The van der Waals surface area contributed by atoms with Crippen LogP contribution in [-0.2, 0) is 4.74 Å². The van der Waals surface area contributed by atoms with Crippen LogP contribution < -0.4 is 5.32 Å². The summed E-state index contributed by atoms with van der Waals surface area (Å²) in [6.07, 6.45) is 3.92. The Labute approximate surface area is 91.4 Å². The highest BCUT2D eigenvalue weighted by Gasteiger charge is 2.00. The van der Waals surface area contributed by atoms with Gasteiger partial charge in [0.1, 0.15) is 6.61 Å². The van der Waals surface area contributed by atoms with Crippen LogP contribution in [0.4, 0.5) is 8.78 Å². The predicted octanol–water partition coefficient (Wildman–Crippen LogP) is 2.83. The van der Waals surface area contributed by atoms with Crippen molar-refractivity contribution in [2.75, 3.05) is 26.3 Å². The van der Waals surface area contributed by atoms with Gasteiger partial charge in [-0.15, -0.1) is 0 Å². The van der Waals surface area contributed by atoms with Gasteiger partial charge in [0, 0.05) is 6.54 Å². The molecule has 0 bridgehead atoms. The number of unbranched alkanes of at least 4 members (excludes halogenated alkanes) is 4. The van der Waals surface area contributed by atoms with Crippen molar-refractivity contribution in [3.8, 4) is 0 Å².